The van der Waals surface area contributed by atoms with Gasteiger partial charge in [-0.3, -0.25) is 0 Å². The van der Waals surface area contributed by atoms with Crippen LogP contribution < -0.4 is 5.32 Å². The molecular weight excluding hydrogens is 334 g/mol. The first-order chi connectivity index (χ1) is 9.74. The summed E-state index contributed by atoms with van der Waals surface area (Å²) in [6.45, 7) is 0.870. The van der Waals surface area contributed by atoms with E-state index in [4.69, 9.17) is 11.6 Å². The molecule has 3 heteroatoms. The van der Waals surface area contributed by atoms with Crippen LogP contribution in [-0.4, -0.2) is 0 Å². The van der Waals surface area contributed by atoms with Gasteiger partial charge in [-0.2, -0.15) is 0 Å². The molecule has 1 N–H and O–H groups in total. The fraction of sp³-hybridized carbons (Fsp3) is 0.294. The van der Waals surface area contributed by atoms with E-state index in [1.807, 2.05) is 6.07 Å². The van der Waals surface area contributed by atoms with Crippen molar-refractivity contribution in [3.05, 3.63) is 68.7 Å². The molecule has 104 valence electrons. The van der Waals surface area contributed by atoms with Crippen LogP contribution in [0.5, 0.6) is 0 Å². The van der Waals surface area contributed by atoms with Crippen molar-refractivity contribution in [2.45, 2.75) is 31.8 Å². The molecule has 0 fully saturated rings. The van der Waals surface area contributed by atoms with E-state index >= 15 is 0 Å². The van der Waals surface area contributed by atoms with Crippen LogP contribution in [-0.2, 0) is 13.0 Å². The van der Waals surface area contributed by atoms with Crippen LogP contribution in [0.3, 0.4) is 0 Å². The highest BCUT2D eigenvalue weighted by molar-refractivity contribution is 9.10. The number of rotatable bonds is 3. The number of hydrogen-bond acceptors (Lipinski definition) is 1. The van der Waals surface area contributed by atoms with Gasteiger partial charge in [0.2, 0.25) is 0 Å². The van der Waals surface area contributed by atoms with Crippen LogP contribution in [0.25, 0.3) is 0 Å². The third-order valence-electron chi connectivity index (χ3n) is 3.91. The van der Waals surface area contributed by atoms with E-state index < -0.39 is 0 Å². The minimum absolute atomic E-state index is 0.467. The second kappa shape index (κ2) is 6.30. The number of nitrogens with one attached hydrogen (secondary N) is 1. The molecule has 0 spiro atoms. The fourth-order valence-electron chi connectivity index (χ4n) is 2.86. The van der Waals surface area contributed by atoms with Gasteiger partial charge in [-0.1, -0.05) is 41.9 Å². The Morgan fingerprint density at radius 1 is 1.20 bits per heavy atom. The fourth-order valence-corrected chi connectivity index (χ4v) is 3.40. The lowest BCUT2D eigenvalue weighted by atomic mass is 9.87. The average molecular weight is 351 g/mol. The predicted molar refractivity (Wildman–Crippen MR) is 88.1 cm³/mol. The standard InChI is InChI=1S/C17H17BrClN/c18-15-10-12(8-9-16(15)19)11-20-17-7-3-5-13-4-1-2-6-14(13)17/h1-2,4,6,8-10,17,20H,3,5,7,11H2. The molecule has 3 rings (SSSR count). The molecule has 0 aliphatic heterocycles. The van der Waals surface area contributed by atoms with Crippen LogP contribution >= 0.6 is 27.5 Å². The normalized spacial score (nSPS) is 17.8. The maximum absolute atomic E-state index is 6.03. The summed E-state index contributed by atoms with van der Waals surface area (Å²) in [6.07, 6.45) is 3.69. The van der Waals surface area contributed by atoms with E-state index in [0.717, 1.165) is 16.0 Å². The average Bonchev–Trinajstić information content (AvgIpc) is 2.48. The Morgan fingerprint density at radius 2 is 2.05 bits per heavy atom. The molecule has 0 aromatic heterocycles. The summed E-state index contributed by atoms with van der Waals surface area (Å²) in [5.74, 6) is 0. The van der Waals surface area contributed by atoms with Gasteiger partial charge >= 0.3 is 0 Å². The van der Waals surface area contributed by atoms with Crippen LogP contribution in [0, 0.1) is 0 Å². The van der Waals surface area contributed by atoms with Crippen molar-refractivity contribution in [3.63, 3.8) is 0 Å². The van der Waals surface area contributed by atoms with E-state index in [2.05, 4.69) is 57.6 Å². The SMILES string of the molecule is Clc1ccc(CNC2CCCc3ccccc32)cc1Br. The van der Waals surface area contributed by atoms with Crippen LogP contribution in [0.1, 0.15) is 35.6 Å². The predicted octanol–water partition coefficient (Wildman–Crippen LogP) is 5.27. The van der Waals surface area contributed by atoms with Crippen molar-refractivity contribution in [2.24, 2.45) is 0 Å². The molecule has 0 saturated heterocycles. The molecule has 20 heavy (non-hydrogen) atoms. The van der Waals surface area contributed by atoms with E-state index in [0.29, 0.717) is 6.04 Å². The van der Waals surface area contributed by atoms with Crippen LogP contribution in [0.2, 0.25) is 5.02 Å². The molecule has 0 heterocycles. The van der Waals surface area contributed by atoms with Crippen molar-refractivity contribution < 1.29 is 0 Å². The number of halogens is 2. The summed E-state index contributed by atoms with van der Waals surface area (Å²) < 4.78 is 0.961. The summed E-state index contributed by atoms with van der Waals surface area (Å²) in [6, 6.07) is 15.4. The minimum Gasteiger partial charge on any atom is -0.306 e. The molecule has 1 aliphatic rings. The molecule has 0 radical (unpaired) electrons. The van der Waals surface area contributed by atoms with Crippen molar-refractivity contribution in [1.82, 2.24) is 5.32 Å². The summed E-state index contributed by atoms with van der Waals surface area (Å²) >= 11 is 9.51. The van der Waals surface area contributed by atoms with E-state index in [9.17, 15) is 0 Å². The van der Waals surface area contributed by atoms with Gasteiger partial charge in [-0.05, 0) is 64.0 Å². The molecule has 0 amide bonds. The Hall–Kier alpha value is -0.830. The van der Waals surface area contributed by atoms with Gasteiger partial charge in [0, 0.05) is 17.1 Å². The number of fused-ring (bicyclic) bond motifs is 1. The smallest absolute Gasteiger partial charge is 0.0548 e. The molecule has 1 aliphatic carbocycles. The largest absolute Gasteiger partial charge is 0.306 e. The molecule has 2 aromatic carbocycles. The third-order valence-corrected chi connectivity index (χ3v) is 5.12. The number of aryl methyl sites for hydroxylation is 1. The van der Waals surface area contributed by atoms with Gasteiger partial charge in [-0.25, -0.2) is 0 Å². The Labute approximate surface area is 133 Å². The molecule has 0 saturated carbocycles. The quantitative estimate of drug-likeness (QED) is 0.795. The summed E-state index contributed by atoms with van der Waals surface area (Å²) in [5.41, 5.74) is 4.21. The molecule has 2 aromatic rings. The maximum Gasteiger partial charge on any atom is 0.0548 e. The summed E-state index contributed by atoms with van der Waals surface area (Å²) in [5, 5.41) is 4.44. The highest BCUT2D eigenvalue weighted by Crippen LogP contribution is 2.30. The van der Waals surface area contributed by atoms with Gasteiger partial charge in [0.25, 0.3) is 0 Å². The van der Waals surface area contributed by atoms with Crippen LogP contribution in [0.4, 0.5) is 0 Å². The first-order valence-electron chi connectivity index (χ1n) is 6.99. The Morgan fingerprint density at radius 3 is 2.90 bits per heavy atom. The zero-order valence-corrected chi connectivity index (χ0v) is 13.5. The number of hydrogen-bond donors (Lipinski definition) is 1. The van der Waals surface area contributed by atoms with Crippen molar-refractivity contribution in [2.75, 3.05) is 0 Å². The van der Waals surface area contributed by atoms with Crippen molar-refractivity contribution in [1.29, 1.82) is 0 Å². The molecular formula is C17H17BrClN. The molecule has 1 nitrogen and oxygen atoms in total. The third kappa shape index (κ3) is 3.08. The van der Waals surface area contributed by atoms with Gasteiger partial charge in [-0.15, -0.1) is 0 Å². The van der Waals surface area contributed by atoms with Gasteiger partial charge < -0.3 is 5.32 Å². The highest BCUT2D eigenvalue weighted by Gasteiger charge is 2.18. The Balaban J connectivity index is 1.71. The molecule has 0 bridgehead atoms. The topological polar surface area (TPSA) is 12.0 Å². The summed E-state index contributed by atoms with van der Waals surface area (Å²) in [7, 11) is 0. The second-order valence-electron chi connectivity index (χ2n) is 5.27. The van der Waals surface area contributed by atoms with Crippen molar-refractivity contribution in [3.8, 4) is 0 Å². The van der Waals surface area contributed by atoms with Crippen molar-refractivity contribution >= 4 is 27.5 Å². The summed E-state index contributed by atoms with van der Waals surface area (Å²) in [4.78, 5) is 0. The zero-order chi connectivity index (χ0) is 13.9. The lowest BCUT2D eigenvalue weighted by molar-refractivity contribution is 0.459. The lowest BCUT2D eigenvalue weighted by Gasteiger charge is -2.26. The van der Waals surface area contributed by atoms with E-state index in [1.54, 1.807) is 0 Å². The second-order valence-corrected chi connectivity index (χ2v) is 6.53. The van der Waals surface area contributed by atoms with Gasteiger partial charge in [0.1, 0.15) is 0 Å². The van der Waals surface area contributed by atoms with Crippen LogP contribution in [0.15, 0.2) is 46.9 Å². The molecule has 1 atom stereocenters. The first-order valence-corrected chi connectivity index (χ1v) is 8.16. The Bertz CT molecular complexity index is 612. The molecule has 1 unspecified atom stereocenters. The maximum atomic E-state index is 6.03. The Kier molecular flexibility index (Phi) is 4.45. The monoisotopic (exact) mass is 349 g/mol. The zero-order valence-electron chi connectivity index (χ0n) is 11.2. The highest BCUT2D eigenvalue weighted by atomic mass is 79.9. The number of benzene rings is 2. The van der Waals surface area contributed by atoms with Gasteiger partial charge in [0.15, 0.2) is 0 Å². The van der Waals surface area contributed by atoms with Gasteiger partial charge in [0.05, 0.1) is 5.02 Å². The first kappa shape index (κ1) is 14.1. The minimum atomic E-state index is 0.467. The van der Waals surface area contributed by atoms with E-state index in [1.165, 1.54) is 36.0 Å². The van der Waals surface area contributed by atoms with E-state index in [-0.39, 0.29) is 0 Å². The lowest BCUT2D eigenvalue weighted by Crippen LogP contribution is -2.24.